The molecule has 0 saturated carbocycles. The van der Waals surface area contributed by atoms with Crippen LogP contribution in [0.15, 0.2) is 54.6 Å². The molecule has 2 aromatic carbocycles. The number of amides is 1. The molecule has 0 aliphatic carbocycles. The van der Waals surface area contributed by atoms with Crippen molar-refractivity contribution in [3.8, 4) is 11.1 Å². The molecule has 1 aliphatic rings. The lowest BCUT2D eigenvalue weighted by Crippen LogP contribution is -2.63. The van der Waals surface area contributed by atoms with Gasteiger partial charge in [0.15, 0.2) is 0 Å². The van der Waals surface area contributed by atoms with E-state index in [0.717, 1.165) is 11.1 Å². The van der Waals surface area contributed by atoms with Gasteiger partial charge in [-0.3, -0.25) is 4.79 Å². The van der Waals surface area contributed by atoms with E-state index >= 15 is 0 Å². The number of benzene rings is 2. The summed E-state index contributed by atoms with van der Waals surface area (Å²) in [6, 6.07) is 16.1. The summed E-state index contributed by atoms with van der Waals surface area (Å²) in [6.45, 7) is 1.43. The second-order valence-corrected chi connectivity index (χ2v) is 8.28. The van der Waals surface area contributed by atoms with Crippen molar-refractivity contribution in [2.75, 3.05) is 13.7 Å². The van der Waals surface area contributed by atoms with E-state index in [-0.39, 0.29) is 13.0 Å². The smallest absolute Gasteiger partial charge is 0.364 e. The van der Waals surface area contributed by atoms with Crippen LogP contribution in [0.5, 0.6) is 0 Å². The molecular weight excluding hydrogens is 428 g/mol. The maximum atomic E-state index is 12.5. The third-order valence-electron chi connectivity index (χ3n) is 6.14. The number of carbonyl (C=O) groups excluding carboxylic acids is 1. The molecule has 2 aromatic rings. The van der Waals surface area contributed by atoms with Gasteiger partial charge in [-0.15, -0.1) is 0 Å². The van der Waals surface area contributed by atoms with Crippen LogP contribution in [0.4, 0.5) is 0 Å². The van der Waals surface area contributed by atoms with Crippen LogP contribution in [0.2, 0.25) is 0 Å². The molecule has 1 saturated heterocycles. The van der Waals surface area contributed by atoms with Gasteiger partial charge in [0.2, 0.25) is 0 Å². The van der Waals surface area contributed by atoms with Gasteiger partial charge in [-0.05, 0) is 23.3 Å². The maximum Gasteiger partial charge on any atom is 0.364 e. The van der Waals surface area contributed by atoms with E-state index in [1.807, 2.05) is 42.5 Å². The summed E-state index contributed by atoms with van der Waals surface area (Å²) in [5, 5.41) is 33.2. The number of nitrogens with one attached hydrogen (secondary N) is 1. The molecule has 1 amide bonds. The fourth-order valence-electron chi connectivity index (χ4n) is 3.94. The third kappa shape index (κ3) is 5.40. The van der Waals surface area contributed by atoms with Crippen LogP contribution in [-0.2, 0) is 14.3 Å². The molecule has 6 atom stereocenters. The Hall–Kier alpha value is -2.82. The van der Waals surface area contributed by atoms with Crippen molar-refractivity contribution < 1.29 is 34.4 Å². The Morgan fingerprint density at radius 3 is 2.33 bits per heavy atom. The summed E-state index contributed by atoms with van der Waals surface area (Å²) in [7, 11) is 1.18. The number of aliphatic hydroxyl groups is 2. The molecule has 0 bridgehead atoms. The largest absolute Gasteiger partial charge is 0.477 e. The fourth-order valence-corrected chi connectivity index (χ4v) is 3.94. The van der Waals surface area contributed by atoms with Crippen molar-refractivity contribution >= 4 is 11.9 Å². The molecule has 6 N–H and O–H groups in total. The van der Waals surface area contributed by atoms with Gasteiger partial charge in [0.25, 0.3) is 11.7 Å². The number of carboxylic acid groups (broad SMARTS) is 1. The molecule has 178 valence electrons. The Morgan fingerprint density at radius 1 is 1.15 bits per heavy atom. The van der Waals surface area contributed by atoms with Gasteiger partial charge in [-0.25, -0.2) is 4.79 Å². The number of aliphatic hydroxyl groups excluding tert-OH is 2. The van der Waals surface area contributed by atoms with E-state index in [1.165, 1.54) is 7.11 Å². The Balaban J connectivity index is 1.61. The van der Waals surface area contributed by atoms with Crippen molar-refractivity contribution in [1.29, 1.82) is 0 Å². The average molecular weight is 459 g/mol. The Bertz CT molecular complexity index is 953. The van der Waals surface area contributed by atoms with Crippen molar-refractivity contribution in [2.24, 2.45) is 11.7 Å². The standard InChI is InChI=1S/C24H30N2O7/c1-14-18(25)12-24(32-2,23(30)31)33-21(14)20(28)19(27)13-26-22(29)17-10-8-16(9-11-17)15-6-4-3-5-7-15/h3-11,14,18-21,27-28H,12-13,25H2,1-2H3,(H,26,29)(H,30,31)/t14-,18-,19-,20-,21?,24-/m1/s1. The van der Waals surface area contributed by atoms with Gasteiger partial charge in [-0.1, -0.05) is 49.4 Å². The first-order chi connectivity index (χ1) is 15.7. The van der Waals surface area contributed by atoms with Gasteiger partial charge in [-0.2, -0.15) is 0 Å². The van der Waals surface area contributed by atoms with E-state index in [4.69, 9.17) is 15.2 Å². The second kappa shape index (κ2) is 10.4. The summed E-state index contributed by atoms with van der Waals surface area (Å²) in [5.41, 5.74) is 8.44. The highest BCUT2D eigenvalue weighted by molar-refractivity contribution is 5.94. The highest BCUT2D eigenvalue weighted by Gasteiger charge is 2.53. The molecule has 3 rings (SSSR count). The van der Waals surface area contributed by atoms with Crippen LogP contribution < -0.4 is 11.1 Å². The lowest BCUT2D eigenvalue weighted by Gasteiger charge is -2.45. The molecule has 1 aliphatic heterocycles. The van der Waals surface area contributed by atoms with E-state index in [1.54, 1.807) is 19.1 Å². The van der Waals surface area contributed by atoms with E-state index < -0.39 is 47.9 Å². The van der Waals surface area contributed by atoms with E-state index in [2.05, 4.69) is 5.32 Å². The average Bonchev–Trinajstić information content (AvgIpc) is 2.84. The second-order valence-electron chi connectivity index (χ2n) is 8.28. The van der Waals surface area contributed by atoms with Gasteiger partial charge in [0.05, 0.1) is 12.2 Å². The first kappa shape index (κ1) is 24.8. The lowest BCUT2D eigenvalue weighted by atomic mass is 9.83. The summed E-state index contributed by atoms with van der Waals surface area (Å²) in [4.78, 5) is 24.2. The molecule has 9 heteroatoms. The molecule has 1 heterocycles. The van der Waals surface area contributed by atoms with Crippen molar-refractivity contribution in [2.45, 2.75) is 43.5 Å². The van der Waals surface area contributed by atoms with Gasteiger partial charge >= 0.3 is 5.97 Å². The third-order valence-corrected chi connectivity index (χ3v) is 6.14. The van der Waals surface area contributed by atoms with Crippen molar-refractivity contribution in [3.63, 3.8) is 0 Å². The number of nitrogens with two attached hydrogens (primary N) is 1. The zero-order valence-corrected chi connectivity index (χ0v) is 18.5. The van der Waals surface area contributed by atoms with Crippen LogP contribution in [0.1, 0.15) is 23.7 Å². The minimum Gasteiger partial charge on any atom is -0.477 e. The maximum absolute atomic E-state index is 12.5. The number of hydrogen-bond acceptors (Lipinski definition) is 7. The Morgan fingerprint density at radius 2 is 1.76 bits per heavy atom. The van der Waals surface area contributed by atoms with Crippen LogP contribution >= 0.6 is 0 Å². The highest BCUT2D eigenvalue weighted by Crippen LogP contribution is 2.35. The van der Waals surface area contributed by atoms with Crippen molar-refractivity contribution in [3.05, 3.63) is 60.2 Å². The zero-order chi connectivity index (χ0) is 24.2. The highest BCUT2D eigenvalue weighted by atomic mass is 16.7. The predicted molar refractivity (Wildman–Crippen MR) is 120 cm³/mol. The predicted octanol–water partition coefficient (Wildman–Crippen LogP) is 0.985. The molecule has 1 fully saturated rings. The first-order valence-electron chi connectivity index (χ1n) is 10.7. The molecular formula is C24H30N2O7. The van der Waals surface area contributed by atoms with E-state index in [0.29, 0.717) is 5.56 Å². The molecule has 0 radical (unpaired) electrons. The SMILES string of the molecule is CO[C@]1(C(=O)O)C[C@@H](N)[C@@H](C)C([C@H](O)[C@H](O)CNC(=O)c2ccc(-c3ccccc3)cc2)O1. The number of hydrogen-bond donors (Lipinski definition) is 5. The molecule has 0 aromatic heterocycles. The van der Waals surface area contributed by atoms with Crippen molar-refractivity contribution in [1.82, 2.24) is 5.32 Å². The lowest BCUT2D eigenvalue weighted by molar-refractivity contribution is -0.296. The number of ether oxygens (including phenoxy) is 2. The number of carboxylic acids is 1. The zero-order valence-electron chi connectivity index (χ0n) is 18.5. The van der Waals surface area contributed by atoms with Crippen LogP contribution in [-0.4, -0.2) is 71.0 Å². The van der Waals surface area contributed by atoms with Gasteiger partial charge in [0.1, 0.15) is 6.10 Å². The Kier molecular flexibility index (Phi) is 7.83. The molecule has 9 nitrogen and oxygen atoms in total. The monoisotopic (exact) mass is 458 g/mol. The van der Waals surface area contributed by atoms with Gasteiger partial charge in [0, 0.05) is 37.6 Å². The van der Waals surface area contributed by atoms with Crippen LogP contribution in [0.3, 0.4) is 0 Å². The topological polar surface area (TPSA) is 151 Å². The van der Waals surface area contributed by atoms with Crippen LogP contribution in [0.25, 0.3) is 11.1 Å². The fraction of sp³-hybridized carbons (Fsp3) is 0.417. The molecule has 33 heavy (non-hydrogen) atoms. The summed E-state index contributed by atoms with van der Waals surface area (Å²) >= 11 is 0. The van der Waals surface area contributed by atoms with Gasteiger partial charge < -0.3 is 35.8 Å². The number of rotatable bonds is 8. The Labute approximate surface area is 192 Å². The number of carbonyl (C=O) groups is 2. The van der Waals surface area contributed by atoms with E-state index in [9.17, 15) is 24.9 Å². The first-order valence-corrected chi connectivity index (χ1v) is 10.7. The molecule has 1 unspecified atom stereocenters. The quantitative estimate of drug-likeness (QED) is 0.393. The van der Waals surface area contributed by atoms with Crippen LogP contribution in [0, 0.1) is 5.92 Å². The number of methoxy groups -OCH3 is 1. The number of aliphatic carboxylic acids is 1. The minimum absolute atomic E-state index is 0.102. The summed E-state index contributed by atoms with van der Waals surface area (Å²) < 4.78 is 10.6. The summed E-state index contributed by atoms with van der Waals surface area (Å²) in [6.07, 6.45) is -4.13. The molecule has 0 spiro atoms. The minimum atomic E-state index is -2.01. The summed E-state index contributed by atoms with van der Waals surface area (Å²) in [5.74, 6) is -4.27. The normalized spacial score (nSPS) is 26.9.